The normalized spacial score (nSPS) is 17.0. The van der Waals surface area contributed by atoms with Gasteiger partial charge in [-0.1, -0.05) is 19.9 Å². The topological polar surface area (TPSA) is 117 Å². The van der Waals surface area contributed by atoms with Gasteiger partial charge >= 0.3 is 0 Å². The molecule has 0 saturated carbocycles. The Bertz CT molecular complexity index is 978. The number of anilines is 2. The molecular weight excluding hydrogens is 388 g/mol. The summed E-state index contributed by atoms with van der Waals surface area (Å²) in [7, 11) is 0. The Hall–Kier alpha value is -2.78. The van der Waals surface area contributed by atoms with Crippen LogP contribution in [0.3, 0.4) is 0 Å². The number of nitrogens with two attached hydrogens (primary N) is 1. The minimum absolute atomic E-state index is 0.0799. The van der Waals surface area contributed by atoms with Crippen molar-refractivity contribution in [1.82, 2.24) is 19.9 Å². The van der Waals surface area contributed by atoms with Crippen molar-refractivity contribution in [3.05, 3.63) is 41.9 Å². The van der Waals surface area contributed by atoms with Gasteiger partial charge in [-0.3, -0.25) is 9.78 Å². The van der Waals surface area contributed by atoms with Crippen molar-refractivity contribution in [2.75, 3.05) is 24.1 Å². The number of carbonyl (C=O) groups excluding carboxylic acids is 1. The molecule has 9 heteroatoms. The molecule has 154 valence electrons. The third-order valence-electron chi connectivity index (χ3n) is 4.57. The fourth-order valence-corrected chi connectivity index (χ4v) is 3.99. The first-order valence-corrected chi connectivity index (χ1v) is 10.5. The van der Waals surface area contributed by atoms with E-state index in [1.807, 2.05) is 32.9 Å². The van der Waals surface area contributed by atoms with Crippen LogP contribution in [0, 0.1) is 0 Å². The number of likely N-dealkylation sites (tertiary alicyclic amines) is 1. The fraction of sp³-hybridized carbons (Fsp3) is 0.400. The molecule has 1 aliphatic rings. The zero-order valence-electron chi connectivity index (χ0n) is 16.8. The monoisotopic (exact) mass is 414 g/mol. The van der Waals surface area contributed by atoms with Crippen LogP contribution in [-0.2, 0) is 0 Å². The van der Waals surface area contributed by atoms with E-state index in [4.69, 9.17) is 5.73 Å². The van der Waals surface area contributed by atoms with E-state index in [0.717, 1.165) is 5.56 Å². The van der Waals surface area contributed by atoms with Gasteiger partial charge in [-0.15, -0.1) is 11.3 Å². The van der Waals surface area contributed by atoms with Crippen molar-refractivity contribution < 1.29 is 9.90 Å². The van der Waals surface area contributed by atoms with Crippen LogP contribution in [0.15, 0.2) is 30.6 Å². The van der Waals surface area contributed by atoms with Crippen LogP contribution in [0.4, 0.5) is 10.9 Å². The smallest absolute Gasteiger partial charge is 0.274 e. The number of nitrogens with zero attached hydrogens (tertiary/aromatic N) is 4. The highest BCUT2D eigenvalue weighted by molar-refractivity contribution is 7.22. The molecule has 8 nitrogen and oxygen atoms in total. The molecule has 3 aromatic rings. The van der Waals surface area contributed by atoms with Crippen molar-refractivity contribution in [1.29, 1.82) is 0 Å². The third kappa shape index (κ3) is 4.63. The molecule has 3 aromatic heterocycles. The second kappa shape index (κ2) is 9.15. The summed E-state index contributed by atoms with van der Waals surface area (Å²) in [5, 5.41) is 13.6. The van der Waals surface area contributed by atoms with Gasteiger partial charge in [0.05, 0.1) is 27.4 Å². The molecule has 1 aliphatic heterocycles. The summed E-state index contributed by atoms with van der Waals surface area (Å²) in [4.78, 5) is 27.7. The van der Waals surface area contributed by atoms with Crippen molar-refractivity contribution in [3.8, 4) is 0 Å². The first-order chi connectivity index (χ1) is 14.0. The Morgan fingerprint density at radius 3 is 2.86 bits per heavy atom. The zero-order chi connectivity index (χ0) is 21.0. The molecule has 1 amide bonds. The largest absolute Gasteiger partial charge is 0.391 e. The molecular formula is C20H26N6O2S. The van der Waals surface area contributed by atoms with Gasteiger partial charge in [0.1, 0.15) is 0 Å². The van der Waals surface area contributed by atoms with Crippen LogP contribution in [-0.4, -0.2) is 50.1 Å². The fourth-order valence-electron chi connectivity index (χ4n) is 3.14. The van der Waals surface area contributed by atoms with Gasteiger partial charge in [-0.2, -0.15) is 0 Å². The maximum absolute atomic E-state index is 13.0. The molecule has 4 heterocycles. The van der Waals surface area contributed by atoms with Gasteiger partial charge in [-0.05, 0) is 31.0 Å². The number of thiophene rings is 1. The molecule has 1 saturated heterocycles. The molecule has 0 bridgehead atoms. The molecule has 2 atom stereocenters. The molecule has 1 fully saturated rings. The summed E-state index contributed by atoms with van der Waals surface area (Å²) >= 11 is 1.30. The molecule has 0 spiro atoms. The lowest BCUT2D eigenvalue weighted by atomic mass is 10.1. The number of aliphatic hydroxyl groups excluding tert-OH is 1. The van der Waals surface area contributed by atoms with E-state index in [1.165, 1.54) is 11.3 Å². The maximum atomic E-state index is 13.0. The number of pyridine rings is 1. The van der Waals surface area contributed by atoms with E-state index in [9.17, 15) is 9.90 Å². The van der Waals surface area contributed by atoms with E-state index in [1.54, 1.807) is 23.4 Å². The van der Waals surface area contributed by atoms with Crippen LogP contribution in [0.25, 0.3) is 10.2 Å². The number of hydrogen-bond acceptors (Lipinski definition) is 8. The Morgan fingerprint density at radius 2 is 2.21 bits per heavy atom. The standard InChI is InChI=1S/C18H20N6O2S.C2H6/c1-10(11-3-2-5-20-8-11)21-18-22-13-7-14(19)27-16(13)15(23-18)17(26)24-6-4-12(25)9-24;1-2/h2-3,5,7-8,10,12,25H,4,6,9,19H2,1H3,(H,21,22,23);1-2H3/t10?,12-;/m1./s1. The number of nitrogen functional groups attached to an aromatic ring is 1. The van der Waals surface area contributed by atoms with Crippen molar-refractivity contribution in [2.24, 2.45) is 0 Å². The Balaban J connectivity index is 0.00000117. The van der Waals surface area contributed by atoms with Gasteiger partial charge in [0, 0.05) is 25.5 Å². The van der Waals surface area contributed by atoms with Crippen molar-refractivity contribution >= 4 is 38.4 Å². The van der Waals surface area contributed by atoms with E-state index in [-0.39, 0.29) is 11.9 Å². The van der Waals surface area contributed by atoms with Crippen LogP contribution in [0.5, 0.6) is 0 Å². The van der Waals surface area contributed by atoms with Crippen LogP contribution in [0.1, 0.15) is 49.3 Å². The van der Waals surface area contributed by atoms with Crippen LogP contribution in [0.2, 0.25) is 0 Å². The second-order valence-corrected chi connectivity index (χ2v) is 7.69. The highest BCUT2D eigenvalue weighted by atomic mass is 32.1. The maximum Gasteiger partial charge on any atom is 0.274 e. The lowest BCUT2D eigenvalue weighted by Crippen LogP contribution is -2.30. The second-order valence-electron chi connectivity index (χ2n) is 6.61. The lowest BCUT2D eigenvalue weighted by molar-refractivity contribution is 0.0761. The van der Waals surface area contributed by atoms with Crippen molar-refractivity contribution in [3.63, 3.8) is 0 Å². The minimum Gasteiger partial charge on any atom is -0.391 e. The number of fused-ring (bicyclic) bond motifs is 1. The summed E-state index contributed by atoms with van der Waals surface area (Å²) in [5.74, 6) is 0.151. The Kier molecular flexibility index (Phi) is 6.60. The van der Waals surface area contributed by atoms with Gasteiger partial charge in [-0.25, -0.2) is 9.97 Å². The lowest BCUT2D eigenvalue weighted by Gasteiger charge is -2.17. The molecule has 0 aromatic carbocycles. The van der Waals surface area contributed by atoms with E-state index in [0.29, 0.717) is 46.4 Å². The van der Waals surface area contributed by atoms with E-state index < -0.39 is 6.10 Å². The summed E-state index contributed by atoms with van der Waals surface area (Å²) in [6, 6.07) is 5.49. The van der Waals surface area contributed by atoms with Crippen LogP contribution < -0.4 is 11.1 Å². The number of aliphatic hydroxyl groups is 1. The van der Waals surface area contributed by atoms with E-state index in [2.05, 4.69) is 20.3 Å². The van der Waals surface area contributed by atoms with Crippen LogP contribution >= 0.6 is 11.3 Å². The molecule has 0 aliphatic carbocycles. The summed E-state index contributed by atoms with van der Waals surface area (Å²) in [6.45, 7) is 6.81. The predicted molar refractivity (Wildman–Crippen MR) is 116 cm³/mol. The minimum atomic E-state index is -0.483. The molecule has 4 rings (SSSR count). The Morgan fingerprint density at radius 1 is 1.41 bits per heavy atom. The average molecular weight is 415 g/mol. The van der Waals surface area contributed by atoms with Gasteiger partial charge < -0.3 is 21.1 Å². The van der Waals surface area contributed by atoms with Gasteiger partial charge in [0.2, 0.25) is 5.95 Å². The van der Waals surface area contributed by atoms with E-state index >= 15 is 0 Å². The molecule has 4 N–H and O–H groups in total. The third-order valence-corrected chi connectivity index (χ3v) is 5.53. The molecule has 29 heavy (non-hydrogen) atoms. The zero-order valence-corrected chi connectivity index (χ0v) is 17.6. The highest BCUT2D eigenvalue weighted by Crippen LogP contribution is 2.31. The highest BCUT2D eigenvalue weighted by Gasteiger charge is 2.29. The van der Waals surface area contributed by atoms with Gasteiger partial charge in [0.15, 0.2) is 5.69 Å². The van der Waals surface area contributed by atoms with Gasteiger partial charge in [0.25, 0.3) is 5.91 Å². The number of hydrogen-bond donors (Lipinski definition) is 3. The number of nitrogens with one attached hydrogen (secondary N) is 1. The number of carbonyl (C=O) groups is 1. The quantitative estimate of drug-likeness (QED) is 0.600. The first kappa shape index (κ1) is 20.9. The summed E-state index contributed by atoms with van der Waals surface area (Å²) in [5.41, 5.74) is 7.87. The molecule has 1 unspecified atom stereocenters. The number of amides is 1. The number of β-amino-alcohol motifs (C(OH)–C–C–N with tert-alkyl or cyclic N) is 1. The Labute approximate surface area is 173 Å². The van der Waals surface area contributed by atoms with Crippen molar-refractivity contribution in [2.45, 2.75) is 39.3 Å². The number of rotatable bonds is 4. The average Bonchev–Trinajstić information content (AvgIpc) is 3.33. The first-order valence-electron chi connectivity index (χ1n) is 9.72. The summed E-state index contributed by atoms with van der Waals surface area (Å²) < 4.78 is 0.665. The molecule has 0 radical (unpaired) electrons. The summed E-state index contributed by atoms with van der Waals surface area (Å²) in [6.07, 6.45) is 3.59. The SMILES string of the molecule is CC.CC(Nc1nc(C(=O)N2CC[C@@H](O)C2)c2sc(N)cc2n1)c1cccnc1. The predicted octanol–water partition coefficient (Wildman–Crippen LogP) is 3.07. The number of aromatic nitrogens is 3.